The number of carbonyl (C=O) groups is 2. The van der Waals surface area contributed by atoms with Gasteiger partial charge < -0.3 is 19.4 Å². The number of hydrogen-bond donors (Lipinski definition) is 1. The van der Waals surface area contributed by atoms with Crippen LogP contribution in [0.4, 0.5) is 0 Å². The predicted molar refractivity (Wildman–Crippen MR) is 175 cm³/mol. The van der Waals surface area contributed by atoms with Gasteiger partial charge in [-0.3, -0.25) is 9.59 Å². The highest BCUT2D eigenvalue weighted by Gasteiger charge is 2.49. The molecule has 0 spiro atoms. The van der Waals surface area contributed by atoms with Gasteiger partial charge >= 0.3 is 13.1 Å². The average Bonchev–Trinajstić information content (AvgIpc) is 3.23. The minimum Gasteiger partial charge on any atom is -0.458 e. The number of alkyl halides is 1. The lowest BCUT2D eigenvalue weighted by molar-refractivity contribution is -0.147. The molecule has 2 bridgehead atoms. The number of ether oxygens (including phenoxy) is 1. The molecule has 3 rings (SSSR count). The molecular weight excluding hydrogens is 593 g/mol. The summed E-state index contributed by atoms with van der Waals surface area (Å²) in [5, 5.41) is 3.82. The quantitative estimate of drug-likeness (QED) is 0.0520. The topological polar surface area (TPSA) is 73.9 Å². The van der Waals surface area contributed by atoms with Gasteiger partial charge in [0.05, 0.1) is 6.10 Å². The highest BCUT2D eigenvalue weighted by molar-refractivity contribution is 9.09. The molecule has 1 aliphatic heterocycles. The lowest BCUT2D eigenvalue weighted by Gasteiger charge is -2.27. The molecule has 1 amide bonds. The molecule has 1 aromatic rings. The predicted octanol–water partition coefficient (Wildman–Crippen LogP) is 7.61. The summed E-state index contributed by atoms with van der Waals surface area (Å²) in [4.78, 5) is 24.5. The summed E-state index contributed by atoms with van der Waals surface area (Å²) in [5.41, 5.74) is 1.15. The van der Waals surface area contributed by atoms with Gasteiger partial charge in [0.2, 0.25) is 5.91 Å². The number of fused-ring (bicyclic) bond motifs is 2. The fourth-order valence-corrected chi connectivity index (χ4v) is 6.34. The van der Waals surface area contributed by atoms with Crippen molar-refractivity contribution in [3.63, 3.8) is 0 Å². The maximum atomic E-state index is 12.8. The molecule has 2 unspecified atom stereocenters. The number of hydrogen-bond acceptors (Lipinski definition) is 5. The Labute approximate surface area is 262 Å². The van der Waals surface area contributed by atoms with Crippen molar-refractivity contribution in [3.8, 4) is 0 Å². The van der Waals surface area contributed by atoms with E-state index in [1.807, 2.05) is 25.1 Å². The molecule has 8 heteroatoms. The van der Waals surface area contributed by atoms with Crippen LogP contribution in [-0.4, -0.2) is 49.2 Å². The third-order valence-electron chi connectivity index (χ3n) is 8.16. The Morgan fingerprint density at radius 1 is 1.05 bits per heavy atom. The average molecular weight is 644 g/mol. The molecule has 42 heavy (non-hydrogen) atoms. The van der Waals surface area contributed by atoms with E-state index < -0.39 is 0 Å². The number of benzene rings is 1. The van der Waals surface area contributed by atoms with Crippen molar-refractivity contribution in [3.05, 3.63) is 60.2 Å². The SMILES string of the molecule is CCCCB1OC2CC(O1)[C@H](C/C=C\CCCC(=O)NCC)[C@H]2/C=C/[C@H](Cc1ccccc1)OC(=O)CCCCCBr. The Balaban J connectivity index is 1.68. The molecule has 0 aromatic heterocycles. The van der Waals surface area contributed by atoms with E-state index in [0.717, 1.165) is 75.0 Å². The number of esters is 1. The molecule has 2 aliphatic rings. The van der Waals surface area contributed by atoms with Gasteiger partial charge in [-0.15, -0.1) is 0 Å². The van der Waals surface area contributed by atoms with Crippen molar-refractivity contribution < 1.29 is 23.6 Å². The van der Waals surface area contributed by atoms with Crippen LogP contribution >= 0.6 is 15.9 Å². The van der Waals surface area contributed by atoms with Crippen molar-refractivity contribution in [2.75, 3.05) is 11.9 Å². The van der Waals surface area contributed by atoms with E-state index in [9.17, 15) is 9.59 Å². The highest BCUT2D eigenvalue weighted by Crippen LogP contribution is 2.44. The normalized spacial score (nSPS) is 22.6. The minimum atomic E-state index is -0.321. The zero-order valence-corrected chi connectivity index (χ0v) is 27.3. The number of halogens is 1. The van der Waals surface area contributed by atoms with Crippen LogP contribution in [0, 0.1) is 11.8 Å². The fraction of sp³-hybridized carbons (Fsp3) is 0.647. The Morgan fingerprint density at radius 2 is 1.86 bits per heavy atom. The lowest BCUT2D eigenvalue weighted by Crippen LogP contribution is -2.37. The first-order chi connectivity index (χ1) is 20.5. The van der Waals surface area contributed by atoms with Crippen molar-refractivity contribution in [1.29, 1.82) is 0 Å². The van der Waals surface area contributed by atoms with Gasteiger partial charge in [0.1, 0.15) is 6.10 Å². The Morgan fingerprint density at radius 3 is 2.62 bits per heavy atom. The zero-order chi connectivity index (χ0) is 30.0. The van der Waals surface area contributed by atoms with Crippen molar-refractivity contribution in [1.82, 2.24) is 5.32 Å². The maximum absolute atomic E-state index is 12.8. The minimum absolute atomic E-state index is 0.107. The lowest BCUT2D eigenvalue weighted by atomic mass is 9.80. The fourth-order valence-electron chi connectivity index (χ4n) is 5.94. The molecule has 6 nitrogen and oxygen atoms in total. The van der Waals surface area contributed by atoms with Gasteiger partial charge in [-0.1, -0.05) is 90.7 Å². The van der Waals surface area contributed by atoms with Crippen LogP contribution in [0.5, 0.6) is 0 Å². The second-order valence-electron chi connectivity index (χ2n) is 11.6. The molecule has 1 saturated carbocycles. The van der Waals surface area contributed by atoms with E-state index in [1.54, 1.807) is 0 Å². The van der Waals surface area contributed by atoms with Crippen molar-refractivity contribution in [2.24, 2.45) is 11.8 Å². The molecule has 2 fully saturated rings. The van der Waals surface area contributed by atoms with Crippen LogP contribution in [-0.2, 0) is 30.1 Å². The van der Waals surface area contributed by atoms with Crippen molar-refractivity contribution in [2.45, 2.75) is 116 Å². The van der Waals surface area contributed by atoms with Crippen LogP contribution in [0.25, 0.3) is 0 Å². The van der Waals surface area contributed by atoms with Gasteiger partial charge in [-0.2, -0.15) is 0 Å². The largest absolute Gasteiger partial charge is 0.458 e. The van der Waals surface area contributed by atoms with E-state index in [2.05, 4.69) is 64.6 Å². The first-order valence-electron chi connectivity index (χ1n) is 16.2. The summed E-state index contributed by atoms with van der Waals surface area (Å²) in [6, 6.07) is 10.2. The monoisotopic (exact) mass is 643 g/mol. The molecule has 1 aliphatic carbocycles. The number of carbonyl (C=O) groups excluding carboxylic acids is 2. The zero-order valence-electron chi connectivity index (χ0n) is 25.7. The first kappa shape index (κ1) is 34.6. The van der Waals surface area contributed by atoms with Crippen LogP contribution in [0.1, 0.15) is 90.0 Å². The molecule has 1 heterocycles. The van der Waals surface area contributed by atoms with Gasteiger partial charge in [-0.25, -0.2) is 0 Å². The number of unbranched alkanes of at least 4 members (excludes halogenated alkanes) is 4. The Kier molecular flexibility index (Phi) is 16.6. The molecule has 232 valence electrons. The van der Waals surface area contributed by atoms with E-state index in [0.29, 0.717) is 31.7 Å². The number of nitrogens with one attached hydrogen (secondary N) is 1. The van der Waals surface area contributed by atoms with Gasteiger partial charge in [0, 0.05) is 43.2 Å². The second kappa shape index (κ2) is 20.1. The molecule has 0 radical (unpaired) electrons. The summed E-state index contributed by atoms with van der Waals surface area (Å²) in [6.07, 6.45) is 20.0. The molecule has 5 atom stereocenters. The van der Waals surface area contributed by atoms with Crippen molar-refractivity contribution >= 4 is 34.9 Å². The summed E-state index contributed by atoms with van der Waals surface area (Å²) in [7, 11) is -0.145. The number of rotatable bonds is 20. The first-order valence-corrected chi connectivity index (χ1v) is 17.4. The molecule has 1 N–H and O–H groups in total. The Bertz CT molecular complexity index is 974. The molecule has 1 aromatic carbocycles. The Hall–Kier alpha value is -1.90. The van der Waals surface area contributed by atoms with Crippen LogP contribution in [0.3, 0.4) is 0 Å². The summed E-state index contributed by atoms with van der Waals surface area (Å²) >= 11 is 3.46. The smallest absolute Gasteiger partial charge is 0.457 e. The summed E-state index contributed by atoms with van der Waals surface area (Å²) in [6.45, 7) is 4.82. The van der Waals surface area contributed by atoms with Crippen LogP contribution in [0.15, 0.2) is 54.6 Å². The second-order valence-corrected chi connectivity index (χ2v) is 12.3. The highest BCUT2D eigenvalue weighted by atomic mass is 79.9. The van der Waals surface area contributed by atoms with E-state index >= 15 is 0 Å². The summed E-state index contributed by atoms with van der Waals surface area (Å²) in [5.74, 6) is 0.480. The van der Waals surface area contributed by atoms with Gasteiger partial charge in [0.25, 0.3) is 0 Å². The molecular formula is C34H51BBrNO5. The van der Waals surface area contributed by atoms with E-state index in [1.165, 1.54) is 0 Å². The maximum Gasteiger partial charge on any atom is 0.457 e. The van der Waals surface area contributed by atoms with Gasteiger partial charge in [-0.05, 0) is 69.3 Å². The van der Waals surface area contributed by atoms with Crippen LogP contribution < -0.4 is 5.32 Å². The van der Waals surface area contributed by atoms with Crippen LogP contribution in [0.2, 0.25) is 6.32 Å². The van der Waals surface area contributed by atoms with Gasteiger partial charge in [0.15, 0.2) is 0 Å². The van der Waals surface area contributed by atoms with E-state index in [-0.39, 0.29) is 43.2 Å². The standard InChI is InChI=1S/C34H51BBrNO5/c1-3-5-23-35-41-31-26-32(42-35)30(29(31)18-12-6-7-13-19-33(38)37-4-2)22-21-28(25-27-16-10-8-11-17-27)40-34(39)20-14-9-15-24-36/h6,8,10-12,16-17,21-22,28-32H,3-5,7,9,13-15,18-20,23-26H2,1-2H3,(H,37,38)/b12-6-,22-21+/t28-,29-,30-,31?,32?/m1/s1. The third-order valence-corrected chi connectivity index (χ3v) is 8.72. The molecule has 1 saturated heterocycles. The third kappa shape index (κ3) is 12.4. The number of amides is 1. The summed E-state index contributed by atoms with van der Waals surface area (Å²) < 4.78 is 19.0. The number of allylic oxidation sites excluding steroid dienone is 2. The van der Waals surface area contributed by atoms with E-state index in [4.69, 9.17) is 14.0 Å².